The van der Waals surface area contributed by atoms with Crippen LogP contribution in [0, 0.1) is 0 Å². The summed E-state index contributed by atoms with van der Waals surface area (Å²) in [4.78, 5) is 23.1. The number of hydrogen-bond acceptors (Lipinski definition) is 3. The van der Waals surface area contributed by atoms with Gasteiger partial charge in [0.15, 0.2) is 5.78 Å². The minimum atomic E-state index is -0.228. The number of carbonyl (C=O) groups is 2. The summed E-state index contributed by atoms with van der Waals surface area (Å²) >= 11 is 0. The molecule has 1 saturated heterocycles. The molecular formula is C7H11NO3. The first-order valence-electron chi connectivity index (χ1n) is 3.57. The molecule has 11 heavy (non-hydrogen) atoms. The fourth-order valence-corrected chi connectivity index (χ4v) is 1.10. The van der Waals surface area contributed by atoms with E-state index in [0.717, 1.165) is 0 Å². The molecule has 0 bridgehead atoms. The van der Waals surface area contributed by atoms with Gasteiger partial charge in [-0.05, 0) is 6.92 Å². The first kappa shape index (κ1) is 8.20. The first-order valence-corrected chi connectivity index (χ1v) is 3.57. The van der Waals surface area contributed by atoms with Crippen LogP contribution >= 0.6 is 0 Å². The molecule has 4 nitrogen and oxygen atoms in total. The number of hydrogen-bond donors (Lipinski definition) is 1. The number of aliphatic hydroxyl groups excluding tert-OH is 1. The normalized spacial score (nSPS) is 21.1. The number of nitrogens with zero attached hydrogens (tertiary/aromatic N) is 1. The van der Waals surface area contributed by atoms with Crippen LogP contribution in [0.2, 0.25) is 0 Å². The van der Waals surface area contributed by atoms with Gasteiger partial charge in [-0.3, -0.25) is 9.59 Å². The van der Waals surface area contributed by atoms with Crippen molar-refractivity contribution in [1.82, 2.24) is 4.90 Å². The van der Waals surface area contributed by atoms with Crippen LogP contribution in [0.1, 0.15) is 13.3 Å². The minimum absolute atomic E-state index is 0.00431. The lowest BCUT2D eigenvalue weighted by Gasteiger charge is -2.20. The maximum absolute atomic E-state index is 11.0. The van der Waals surface area contributed by atoms with Crippen molar-refractivity contribution in [2.24, 2.45) is 0 Å². The van der Waals surface area contributed by atoms with E-state index in [1.165, 1.54) is 4.90 Å². The van der Waals surface area contributed by atoms with Crippen molar-refractivity contribution in [3.05, 3.63) is 0 Å². The van der Waals surface area contributed by atoms with Crippen LogP contribution in [0.15, 0.2) is 0 Å². The Balaban J connectivity index is 2.59. The van der Waals surface area contributed by atoms with Gasteiger partial charge in [0.25, 0.3) is 0 Å². The standard InChI is InChI=1S/C7H11NO3/c1-5(4-9)8-3-6(10)2-7(8)11/h5,9H,2-4H2,1H3/t5-/m0/s1. The molecule has 1 aliphatic rings. The molecule has 0 aliphatic carbocycles. The van der Waals surface area contributed by atoms with E-state index in [4.69, 9.17) is 5.11 Å². The Morgan fingerprint density at radius 3 is 2.64 bits per heavy atom. The highest BCUT2D eigenvalue weighted by atomic mass is 16.3. The average Bonchev–Trinajstić information content (AvgIpc) is 2.28. The number of rotatable bonds is 2. The quantitative estimate of drug-likeness (QED) is 0.532. The molecule has 1 fully saturated rings. The Morgan fingerprint density at radius 1 is 1.64 bits per heavy atom. The summed E-state index contributed by atoms with van der Waals surface area (Å²) in [5, 5.41) is 8.69. The van der Waals surface area contributed by atoms with Gasteiger partial charge in [0, 0.05) is 0 Å². The molecule has 1 amide bonds. The van der Waals surface area contributed by atoms with Gasteiger partial charge in [-0.1, -0.05) is 0 Å². The zero-order valence-electron chi connectivity index (χ0n) is 6.41. The molecule has 4 heteroatoms. The van der Waals surface area contributed by atoms with Crippen molar-refractivity contribution in [2.45, 2.75) is 19.4 Å². The van der Waals surface area contributed by atoms with Crippen LogP contribution in [0.3, 0.4) is 0 Å². The first-order chi connectivity index (χ1) is 5.15. The molecule has 1 aliphatic heterocycles. The molecule has 62 valence electrons. The average molecular weight is 157 g/mol. The van der Waals surface area contributed by atoms with E-state index in [0.29, 0.717) is 0 Å². The third-order valence-electron chi connectivity index (χ3n) is 1.81. The molecule has 0 radical (unpaired) electrons. The lowest BCUT2D eigenvalue weighted by atomic mass is 10.3. The third-order valence-corrected chi connectivity index (χ3v) is 1.81. The summed E-state index contributed by atoms with van der Waals surface area (Å²) in [6.45, 7) is 1.80. The fourth-order valence-electron chi connectivity index (χ4n) is 1.10. The zero-order chi connectivity index (χ0) is 8.43. The molecule has 0 saturated carbocycles. The Kier molecular flexibility index (Phi) is 2.24. The second-order valence-corrected chi connectivity index (χ2v) is 2.77. The fraction of sp³-hybridized carbons (Fsp3) is 0.714. The smallest absolute Gasteiger partial charge is 0.230 e. The SMILES string of the molecule is C[C@@H](CO)N1CC(=O)CC1=O. The van der Waals surface area contributed by atoms with E-state index in [2.05, 4.69) is 0 Å². The minimum Gasteiger partial charge on any atom is -0.394 e. The molecule has 0 spiro atoms. The highest BCUT2D eigenvalue weighted by molar-refractivity contribution is 6.05. The Morgan fingerprint density at radius 2 is 2.27 bits per heavy atom. The van der Waals surface area contributed by atoms with Gasteiger partial charge in [0.2, 0.25) is 5.91 Å². The van der Waals surface area contributed by atoms with E-state index < -0.39 is 0 Å². The van der Waals surface area contributed by atoms with Gasteiger partial charge in [0.1, 0.15) is 0 Å². The van der Waals surface area contributed by atoms with Crippen LogP contribution in [0.25, 0.3) is 0 Å². The summed E-state index contributed by atoms with van der Waals surface area (Å²) in [6, 6.07) is -0.228. The Labute approximate surface area is 64.8 Å². The maximum Gasteiger partial charge on any atom is 0.230 e. The van der Waals surface area contributed by atoms with Gasteiger partial charge in [-0.25, -0.2) is 0 Å². The van der Waals surface area contributed by atoms with Gasteiger partial charge in [0.05, 0.1) is 25.6 Å². The van der Waals surface area contributed by atoms with E-state index >= 15 is 0 Å². The number of Topliss-reactive ketones (excluding diaryl/α,β-unsaturated/α-hetero) is 1. The predicted octanol–water partition coefficient (Wildman–Crippen LogP) is -0.831. The summed E-state index contributed by atoms with van der Waals surface area (Å²) in [5.41, 5.74) is 0. The highest BCUT2D eigenvalue weighted by Crippen LogP contribution is 2.09. The lowest BCUT2D eigenvalue weighted by Crippen LogP contribution is -2.36. The zero-order valence-corrected chi connectivity index (χ0v) is 6.41. The maximum atomic E-state index is 11.0. The van der Waals surface area contributed by atoms with Crippen LogP contribution in [0.5, 0.6) is 0 Å². The second-order valence-electron chi connectivity index (χ2n) is 2.77. The second kappa shape index (κ2) is 3.00. The summed E-state index contributed by atoms with van der Waals surface area (Å²) in [7, 11) is 0. The third kappa shape index (κ3) is 1.57. The molecule has 0 aromatic carbocycles. The lowest BCUT2D eigenvalue weighted by molar-refractivity contribution is -0.130. The molecule has 0 unspecified atom stereocenters. The van der Waals surface area contributed by atoms with E-state index in [1.54, 1.807) is 6.92 Å². The summed E-state index contributed by atoms with van der Waals surface area (Å²) in [5.74, 6) is -0.230. The van der Waals surface area contributed by atoms with Crippen LogP contribution in [-0.2, 0) is 9.59 Å². The van der Waals surface area contributed by atoms with Crippen molar-refractivity contribution < 1.29 is 14.7 Å². The molecule has 1 atom stereocenters. The van der Waals surface area contributed by atoms with E-state index in [-0.39, 0.29) is 37.3 Å². The summed E-state index contributed by atoms with van der Waals surface area (Å²) < 4.78 is 0. The van der Waals surface area contributed by atoms with Gasteiger partial charge < -0.3 is 10.0 Å². The van der Waals surface area contributed by atoms with Gasteiger partial charge in [-0.15, -0.1) is 0 Å². The number of carbonyl (C=O) groups excluding carboxylic acids is 2. The molecule has 1 heterocycles. The van der Waals surface area contributed by atoms with E-state index in [9.17, 15) is 9.59 Å². The predicted molar refractivity (Wildman–Crippen MR) is 37.9 cm³/mol. The Hall–Kier alpha value is -0.900. The van der Waals surface area contributed by atoms with Crippen LogP contribution in [-0.4, -0.2) is 40.9 Å². The van der Waals surface area contributed by atoms with Gasteiger partial charge >= 0.3 is 0 Å². The molecule has 1 rings (SSSR count). The highest BCUT2D eigenvalue weighted by Gasteiger charge is 2.30. The molecule has 0 aromatic rings. The van der Waals surface area contributed by atoms with E-state index in [1.807, 2.05) is 0 Å². The van der Waals surface area contributed by atoms with Gasteiger partial charge in [-0.2, -0.15) is 0 Å². The molecule has 1 N–H and O–H groups in total. The van der Waals surface area contributed by atoms with Crippen molar-refractivity contribution in [3.63, 3.8) is 0 Å². The molecule has 0 aromatic heterocycles. The molecular weight excluding hydrogens is 146 g/mol. The van der Waals surface area contributed by atoms with Crippen LogP contribution in [0.4, 0.5) is 0 Å². The topological polar surface area (TPSA) is 57.6 Å². The number of amides is 1. The van der Waals surface area contributed by atoms with Crippen molar-refractivity contribution in [1.29, 1.82) is 0 Å². The van der Waals surface area contributed by atoms with Crippen molar-refractivity contribution >= 4 is 11.7 Å². The number of aliphatic hydroxyl groups is 1. The van der Waals surface area contributed by atoms with Crippen molar-refractivity contribution in [2.75, 3.05) is 13.2 Å². The summed E-state index contributed by atoms with van der Waals surface area (Å²) in [6.07, 6.45) is 0.00431. The van der Waals surface area contributed by atoms with Crippen molar-refractivity contribution in [3.8, 4) is 0 Å². The monoisotopic (exact) mass is 157 g/mol. The number of likely N-dealkylation sites (tertiary alicyclic amines) is 1. The largest absolute Gasteiger partial charge is 0.394 e. The van der Waals surface area contributed by atoms with Crippen LogP contribution < -0.4 is 0 Å². The number of ketones is 1. The Bertz CT molecular complexity index is 190.